The molecule has 0 bridgehead atoms. The summed E-state index contributed by atoms with van der Waals surface area (Å²) in [4.78, 5) is 0. The Morgan fingerprint density at radius 3 is 1.57 bits per heavy atom. The van der Waals surface area contributed by atoms with Crippen LogP contribution >= 0.6 is 7.92 Å². The van der Waals surface area contributed by atoms with E-state index in [0.717, 1.165) is 0 Å². The van der Waals surface area contributed by atoms with Crippen LogP contribution in [0.3, 0.4) is 0 Å². The molecule has 28 heavy (non-hydrogen) atoms. The Labute approximate surface area is 173 Å². The predicted octanol–water partition coefficient (Wildman–Crippen LogP) is 6.50. The van der Waals surface area contributed by atoms with E-state index >= 15 is 0 Å². The third kappa shape index (κ3) is 4.83. The van der Waals surface area contributed by atoms with E-state index in [1.807, 2.05) is 0 Å². The molecule has 0 fully saturated rings. The van der Waals surface area contributed by atoms with Crippen molar-refractivity contribution in [2.24, 2.45) is 0 Å². The first-order valence-electron chi connectivity index (χ1n) is 10.7. The number of benzene rings is 3. The molecule has 0 heterocycles. The van der Waals surface area contributed by atoms with Gasteiger partial charge in [-0.1, -0.05) is 130 Å². The van der Waals surface area contributed by atoms with E-state index in [1.54, 1.807) is 10.9 Å². The Kier molecular flexibility index (Phi) is 7.65. The standard InChI is InChI=1S/C26H33PSi/c1-4-28(5-2,6-3)22-21-23-15-13-14-20-26(23)27(24-16-9-7-10-17-24)25-18-11-8-12-19-25/h7-20H,4-6,21-22H2,1-3H3. The normalized spacial score (nSPS) is 11.7. The van der Waals surface area contributed by atoms with Gasteiger partial charge in [0.05, 0.1) is 8.07 Å². The highest BCUT2D eigenvalue weighted by Gasteiger charge is 2.27. The molecule has 0 aromatic heterocycles. The van der Waals surface area contributed by atoms with Gasteiger partial charge in [-0.2, -0.15) is 0 Å². The Bertz CT molecular complexity index is 793. The van der Waals surface area contributed by atoms with E-state index in [0.29, 0.717) is 0 Å². The molecule has 0 aliphatic heterocycles. The van der Waals surface area contributed by atoms with Crippen LogP contribution < -0.4 is 15.9 Å². The predicted molar refractivity (Wildman–Crippen MR) is 131 cm³/mol. The van der Waals surface area contributed by atoms with Crippen molar-refractivity contribution in [3.63, 3.8) is 0 Å². The third-order valence-corrected chi connectivity index (χ3v) is 14.8. The fourth-order valence-corrected chi connectivity index (χ4v) is 10.1. The molecule has 0 saturated heterocycles. The molecule has 0 nitrogen and oxygen atoms in total. The molecule has 0 atom stereocenters. The summed E-state index contributed by atoms with van der Waals surface area (Å²) in [6.07, 6.45) is 1.23. The average Bonchev–Trinajstić information content (AvgIpc) is 2.78. The number of hydrogen-bond donors (Lipinski definition) is 0. The summed E-state index contributed by atoms with van der Waals surface area (Å²) >= 11 is 0. The molecular formula is C26H33PSi. The third-order valence-electron chi connectivity index (χ3n) is 6.44. The Balaban J connectivity index is 2.00. The molecule has 0 spiro atoms. The summed E-state index contributed by atoms with van der Waals surface area (Å²) in [6, 6.07) is 37.1. The molecule has 0 aliphatic rings. The largest absolute Gasteiger partial charge is 0.0678 e. The van der Waals surface area contributed by atoms with Crippen molar-refractivity contribution in [3.05, 3.63) is 90.5 Å². The monoisotopic (exact) mass is 404 g/mol. The molecule has 0 unspecified atom stereocenters. The van der Waals surface area contributed by atoms with E-state index in [1.165, 1.54) is 41.2 Å². The zero-order chi connectivity index (χ0) is 19.8. The van der Waals surface area contributed by atoms with Gasteiger partial charge in [-0.15, -0.1) is 0 Å². The lowest BCUT2D eigenvalue weighted by Gasteiger charge is -2.29. The summed E-state index contributed by atoms with van der Waals surface area (Å²) in [5, 5.41) is 4.43. The highest BCUT2D eigenvalue weighted by atomic mass is 31.1. The quantitative estimate of drug-likeness (QED) is 0.282. The van der Waals surface area contributed by atoms with Crippen LogP contribution in [0.2, 0.25) is 24.2 Å². The van der Waals surface area contributed by atoms with Gasteiger partial charge in [0.1, 0.15) is 0 Å². The van der Waals surface area contributed by atoms with Crippen molar-refractivity contribution in [1.29, 1.82) is 0 Å². The first-order chi connectivity index (χ1) is 13.7. The molecule has 0 radical (unpaired) electrons. The maximum atomic E-state index is 2.42. The number of rotatable bonds is 9. The Morgan fingerprint density at radius 2 is 1.07 bits per heavy atom. The van der Waals surface area contributed by atoms with E-state index in [4.69, 9.17) is 0 Å². The van der Waals surface area contributed by atoms with E-state index in [-0.39, 0.29) is 0 Å². The molecule has 146 valence electrons. The molecule has 3 aromatic rings. The van der Waals surface area contributed by atoms with Gasteiger partial charge in [-0.05, 0) is 35.8 Å². The van der Waals surface area contributed by atoms with E-state index in [9.17, 15) is 0 Å². The zero-order valence-electron chi connectivity index (χ0n) is 17.6. The van der Waals surface area contributed by atoms with Crippen LogP contribution in [0.15, 0.2) is 84.9 Å². The van der Waals surface area contributed by atoms with Crippen LogP contribution in [-0.2, 0) is 6.42 Å². The summed E-state index contributed by atoms with van der Waals surface area (Å²) in [5.74, 6) is 0. The fraction of sp³-hybridized carbons (Fsp3) is 0.308. The highest BCUT2D eigenvalue weighted by molar-refractivity contribution is 7.79. The van der Waals surface area contributed by atoms with E-state index < -0.39 is 16.0 Å². The van der Waals surface area contributed by atoms with Crippen molar-refractivity contribution in [3.8, 4) is 0 Å². The lowest BCUT2D eigenvalue weighted by molar-refractivity contribution is 1.03. The molecule has 2 heteroatoms. The maximum Gasteiger partial charge on any atom is 0.0530 e. The Hall–Kier alpha value is -1.69. The van der Waals surface area contributed by atoms with Gasteiger partial charge >= 0.3 is 0 Å². The van der Waals surface area contributed by atoms with Gasteiger partial charge in [-0.25, -0.2) is 0 Å². The molecule has 3 rings (SSSR count). The second-order valence-corrected chi connectivity index (χ2v) is 15.5. The second-order valence-electron chi connectivity index (χ2n) is 7.70. The molecular weight excluding hydrogens is 371 g/mol. The van der Waals surface area contributed by atoms with Crippen molar-refractivity contribution in [2.75, 3.05) is 0 Å². The van der Waals surface area contributed by atoms with Gasteiger partial charge in [0.2, 0.25) is 0 Å². The average molecular weight is 405 g/mol. The topological polar surface area (TPSA) is 0 Å². The Morgan fingerprint density at radius 1 is 0.607 bits per heavy atom. The lowest BCUT2D eigenvalue weighted by atomic mass is 10.2. The fourth-order valence-electron chi connectivity index (χ4n) is 4.20. The first kappa shape index (κ1) is 21.0. The summed E-state index contributed by atoms with van der Waals surface area (Å²) in [6.45, 7) is 7.27. The van der Waals surface area contributed by atoms with Crippen LogP contribution in [0.1, 0.15) is 26.3 Å². The zero-order valence-corrected chi connectivity index (χ0v) is 19.5. The van der Waals surface area contributed by atoms with Gasteiger partial charge in [-0.3, -0.25) is 0 Å². The van der Waals surface area contributed by atoms with Crippen LogP contribution in [0, 0.1) is 0 Å². The van der Waals surface area contributed by atoms with Crippen molar-refractivity contribution >= 4 is 31.9 Å². The highest BCUT2D eigenvalue weighted by Crippen LogP contribution is 2.35. The number of hydrogen-bond acceptors (Lipinski definition) is 0. The molecule has 0 aliphatic carbocycles. The van der Waals surface area contributed by atoms with E-state index in [2.05, 4.69) is 106 Å². The van der Waals surface area contributed by atoms with Crippen molar-refractivity contribution in [1.82, 2.24) is 0 Å². The number of aryl methyl sites for hydroxylation is 1. The van der Waals surface area contributed by atoms with Crippen LogP contribution in [0.5, 0.6) is 0 Å². The van der Waals surface area contributed by atoms with Gasteiger partial charge in [0.15, 0.2) is 0 Å². The van der Waals surface area contributed by atoms with Crippen LogP contribution in [0.4, 0.5) is 0 Å². The van der Waals surface area contributed by atoms with Crippen molar-refractivity contribution in [2.45, 2.75) is 51.4 Å². The smallest absolute Gasteiger partial charge is 0.0530 e. The molecule has 0 saturated carbocycles. The van der Waals surface area contributed by atoms with Crippen molar-refractivity contribution < 1.29 is 0 Å². The lowest BCUT2D eigenvalue weighted by Crippen LogP contribution is -2.32. The SMILES string of the molecule is CC[Si](CC)(CC)CCc1ccccc1P(c1ccccc1)c1ccccc1. The van der Waals surface area contributed by atoms with Gasteiger partial charge in [0.25, 0.3) is 0 Å². The van der Waals surface area contributed by atoms with Gasteiger partial charge in [0, 0.05) is 0 Å². The maximum absolute atomic E-state index is 2.42. The first-order valence-corrected chi connectivity index (χ1v) is 14.9. The summed E-state index contributed by atoms with van der Waals surface area (Å²) in [5.41, 5.74) is 1.56. The van der Waals surface area contributed by atoms with Crippen LogP contribution in [0.25, 0.3) is 0 Å². The molecule has 0 amide bonds. The van der Waals surface area contributed by atoms with Gasteiger partial charge < -0.3 is 0 Å². The minimum absolute atomic E-state index is 0.512. The summed E-state index contributed by atoms with van der Waals surface area (Å²) in [7, 11) is -1.62. The molecule has 3 aromatic carbocycles. The molecule has 0 N–H and O–H groups in total. The summed E-state index contributed by atoms with van der Waals surface area (Å²) < 4.78 is 0. The second kappa shape index (κ2) is 10.2. The minimum Gasteiger partial charge on any atom is -0.0678 e. The minimum atomic E-state index is -1.11. The van der Waals surface area contributed by atoms with Crippen LogP contribution in [-0.4, -0.2) is 8.07 Å².